The fourth-order valence-corrected chi connectivity index (χ4v) is 5.73. The molecule has 3 aromatic rings. The number of aromatic nitrogens is 2. The summed E-state index contributed by atoms with van der Waals surface area (Å²) in [5.41, 5.74) is 1.91. The van der Waals surface area contributed by atoms with Crippen molar-refractivity contribution in [1.29, 1.82) is 0 Å². The van der Waals surface area contributed by atoms with E-state index in [-0.39, 0.29) is 17.2 Å². The number of fused-ring (bicyclic) bond motifs is 3. The van der Waals surface area contributed by atoms with Gasteiger partial charge in [0.05, 0.1) is 16.8 Å². The summed E-state index contributed by atoms with van der Waals surface area (Å²) in [5, 5.41) is 4.23. The largest absolute Gasteiger partial charge is 0.324 e. The molecule has 1 N–H and O–H groups in total. The number of halogens is 1. The van der Waals surface area contributed by atoms with Crippen molar-refractivity contribution in [2.75, 3.05) is 11.1 Å². The predicted octanol–water partition coefficient (Wildman–Crippen LogP) is 4.37. The maximum absolute atomic E-state index is 12.9. The highest BCUT2D eigenvalue weighted by atomic mass is 79.9. The molecule has 0 aliphatic heterocycles. The van der Waals surface area contributed by atoms with Gasteiger partial charge in [0.1, 0.15) is 4.83 Å². The van der Waals surface area contributed by atoms with Crippen LogP contribution >= 0.6 is 39.0 Å². The molecular formula is C19H18BrN3O2S2. The molecule has 0 atom stereocenters. The molecule has 1 amide bonds. The first kappa shape index (κ1) is 18.7. The SMILES string of the molecule is Cn1c(SCC(=O)Nc2ccccc2Br)nc2sc3c(c2c1=O)CCCC3. The monoisotopic (exact) mass is 463 g/mol. The lowest BCUT2D eigenvalue weighted by atomic mass is 9.97. The van der Waals surface area contributed by atoms with Gasteiger partial charge in [-0.2, -0.15) is 0 Å². The van der Waals surface area contributed by atoms with Crippen molar-refractivity contribution >= 4 is 60.8 Å². The Morgan fingerprint density at radius 1 is 1.33 bits per heavy atom. The summed E-state index contributed by atoms with van der Waals surface area (Å²) in [6.07, 6.45) is 4.31. The molecule has 1 aliphatic rings. The van der Waals surface area contributed by atoms with E-state index in [1.807, 2.05) is 24.3 Å². The van der Waals surface area contributed by atoms with Crippen molar-refractivity contribution in [3.05, 3.63) is 49.5 Å². The Labute approximate surface area is 173 Å². The maximum Gasteiger partial charge on any atom is 0.262 e. The van der Waals surface area contributed by atoms with Gasteiger partial charge < -0.3 is 5.32 Å². The second-order valence-corrected chi connectivity index (χ2v) is 9.35. The highest BCUT2D eigenvalue weighted by molar-refractivity contribution is 9.10. The van der Waals surface area contributed by atoms with Gasteiger partial charge in [0.25, 0.3) is 5.56 Å². The van der Waals surface area contributed by atoms with Crippen LogP contribution in [-0.4, -0.2) is 21.2 Å². The molecule has 2 aromatic heterocycles. The zero-order chi connectivity index (χ0) is 19.0. The third-order valence-corrected chi connectivity index (χ3v) is 7.54. The standard InChI is InChI=1S/C19H18BrN3O2S2/c1-23-18(25)16-11-6-2-5-9-14(11)27-17(16)22-19(23)26-10-15(24)21-13-8-4-3-7-12(13)20/h3-4,7-8H,2,5-6,9-10H2,1H3,(H,21,24). The number of amides is 1. The zero-order valence-corrected chi connectivity index (χ0v) is 18.0. The number of aryl methyl sites for hydroxylation is 2. The number of thioether (sulfide) groups is 1. The Morgan fingerprint density at radius 2 is 2.11 bits per heavy atom. The number of hydrogen-bond donors (Lipinski definition) is 1. The van der Waals surface area contributed by atoms with Crippen LogP contribution in [0.3, 0.4) is 0 Å². The van der Waals surface area contributed by atoms with Gasteiger partial charge in [-0.3, -0.25) is 14.2 Å². The Hall–Kier alpha value is -1.64. The van der Waals surface area contributed by atoms with Crippen LogP contribution < -0.4 is 10.9 Å². The average molecular weight is 464 g/mol. The topological polar surface area (TPSA) is 64.0 Å². The van der Waals surface area contributed by atoms with Gasteiger partial charge in [0.15, 0.2) is 5.16 Å². The van der Waals surface area contributed by atoms with E-state index in [4.69, 9.17) is 4.98 Å². The molecule has 0 unspecified atom stereocenters. The summed E-state index contributed by atoms with van der Waals surface area (Å²) in [4.78, 5) is 32.0. The number of nitrogens with zero attached hydrogens (tertiary/aromatic N) is 2. The van der Waals surface area contributed by atoms with Crippen molar-refractivity contribution in [3.63, 3.8) is 0 Å². The minimum atomic E-state index is -0.133. The van der Waals surface area contributed by atoms with Gasteiger partial charge in [-0.15, -0.1) is 11.3 Å². The van der Waals surface area contributed by atoms with E-state index in [2.05, 4.69) is 21.2 Å². The van der Waals surface area contributed by atoms with E-state index in [1.54, 1.807) is 23.0 Å². The Morgan fingerprint density at radius 3 is 2.93 bits per heavy atom. The summed E-state index contributed by atoms with van der Waals surface area (Å²) < 4.78 is 2.40. The van der Waals surface area contributed by atoms with E-state index in [0.717, 1.165) is 39.6 Å². The van der Waals surface area contributed by atoms with Crippen LogP contribution in [0.5, 0.6) is 0 Å². The fraction of sp³-hybridized carbons (Fsp3) is 0.316. The Balaban J connectivity index is 1.55. The number of anilines is 1. The molecule has 0 fully saturated rings. The molecule has 0 saturated carbocycles. The first-order valence-electron chi connectivity index (χ1n) is 8.73. The Bertz CT molecular complexity index is 1090. The van der Waals surface area contributed by atoms with Gasteiger partial charge in [-0.1, -0.05) is 23.9 Å². The highest BCUT2D eigenvalue weighted by Gasteiger charge is 2.21. The third-order valence-electron chi connectivity index (χ3n) is 4.64. The Kier molecular flexibility index (Phi) is 5.39. The number of thiophene rings is 1. The van der Waals surface area contributed by atoms with Crippen LogP contribution in [-0.2, 0) is 24.7 Å². The number of nitrogens with one attached hydrogen (secondary N) is 1. The van der Waals surface area contributed by atoms with Gasteiger partial charge in [0, 0.05) is 16.4 Å². The van der Waals surface area contributed by atoms with Gasteiger partial charge in [-0.05, 0) is 59.3 Å². The van der Waals surface area contributed by atoms with Crippen LogP contribution in [0, 0.1) is 0 Å². The lowest BCUT2D eigenvalue weighted by Crippen LogP contribution is -2.22. The number of carbonyl (C=O) groups is 1. The molecule has 0 bridgehead atoms. The van der Waals surface area contributed by atoms with Crippen LogP contribution in [0.25, 0.3) is 10.2 Å². The predicted molar refractivity (Wildman–Crippen MR) is 115 cm³/mol. The molecule has 1 aliphatic carbocycles. The fourth-order valence-electron chi connectivity index (χ4n) is 3.28. The number of hydrogen-bond acceptors (Lipinski definition) is 5. The molecule has 0 spiro atoms. The van der Waals surface area contributed by atoms with E-state index < -0.39 is 0 Å². The maximum atomic E-state index is 12.9. The van der Waals surface area contributed by atoms with Crippen molar-refractivity contribution in [2.45, 2.75) is 30.8 Å². The summed E-state index contributed by atoms with van der Waals surface area (Å²) in [5.74, 6) is 0.0600. The minimum absolute atomic E-state index is 0.00638. The molecule has 8 heteroatoms. The van der Waals surface area contributed by atoms with E-state index in [9.17, 15) is 9.59 Å². The first-order chi connectivity index (χ1) is 13.0. The van der Waals surface area contributed by atoms with Gasteiger partial charge in [0.2, 0.25) is 5.91 Å². The van der Waals surface area contributed by atoms with Crippen molar-refractivity contribution in [1.82, 2.24) is 9.55 Å². The van der Waals surface area contributed by atoms with Crippen LogP contribution in [0.4, 0.5) is 5.69 Å². The minimum Gasteiger partial charge on any atom is -0.324 e. The second kappa shape index (κ2) is 7.77. The summed E-state index contributed by atoms with van der Waals surface area (Å²) in [7, 11) is 1.73. The average Bonchev–Trinajstić information content (AvgIpc) is 3.04. The molecule has 27 heavy (non-hydrogen) atoms. The number of para-hydroxylation sites is 1. The van der Waals surface area contributed by atoms with Gasteiger partial charge in [-0.25, -0.2) is 4.98 Å². The lowest BCUT2D eigenvalue weighted by Gasteiger charge is -2.11. The van der Waals surface area contributed by atoms with Gasteiger partial charge >= 0.3 is 0 Å². The molecule has 4 rings (SSSR count). The van der Waals surface area contributed by atoms with E-state index in [1.165, 1.54) is 28.6 Å². The molecule has 140 valence electrons. The van der Waals surface area contributed by atoms with Crippen molar-refractivity contribution < 1.29 is 4.79 Å². The quantitative estimate of drug-likeness (QED) is 0.460. The van der Waals surface area contributed by atoms with Crippen molar-refractivity contribution in [3.8, 4) is 0 Å². The van der Waals surface area contributed by atoms with E-state index >= 15 is 0 Å². The number of rotatable bonds is 4. The molecule has 5 nitrogen and oxygen atoms in total. The lowest BCUT2D eigenvalue weighted by molar-refractivity contribution is -0.113. The molecule has 1 aromatic carbocycles. The number of benzene rings is 1. The molecule has 0 saturated heterocycles. The molecule has 0 radical (unpaired) electrons. The van der Waals surface area contributed by atoms with Crippen LogP contribution in [0.2, 0.25) is 0 Å². The highest BCUT2D eigenvalue weighted by Crippen LogP contribution is 2.34. The molecular weight excluding hydrogens is 446 g/mol. The van der Waals surface area contributed by atoms with Crippen LogP contribution in [0.15, 0.2) is 38.7 Å². The zero-order valence-electron chi connectivity index (χ0n) is 14.8. The molecule has 2 heterocycles. The van der Waals surface area contributed by atoms with Crippen LogP contribution in [0.1, 0.15) is 23.3 Å². The van der Waals surface area contributed by atoms with Crippen molar-refractivity contribution in [2.24, 2.45) is 7.05 Å². The first-order valence-corrected chi connectivity index (χ1v) is 11.3. The summed E-state index contributed by atoms with van der Waals surface area (Å²) >= 11 is 6.34. The normalized spacial score (nSPS) is 13.6. The smallest absolute Gasteiger partial charge is 0.262 e. The second-order valence-electron chi connectivity index (χ2n) is 6.47. The summed E-state index contributed by atoms with van der Waals surface area (Å²) in [6.45, 7) is 0. The van der Waals surface area contributed by atoms with E-state index in [0.29, 0.717) is 5.16 Å². The summed E-state index contributed by atoms with van der Waals surface area (Å²) in [6, 6.07) is 7.47. The number of carbonyl (C=O) groups excluding carboxylic acids is 1. The third kappa shape index (κ3) is 3.70.